The number of aryl methyl sites for hydroxylation is 2. The van der Waals surface area contributed by atoms with Crippen LogP contribution in [0, 0.1) is 13.8 Å². The van der Waals surface area contributed by atoms with Crippen LogP contribution in [0.15, 0.2) is 215 Å². The maximum absolute atomic E-state index is 6.80. The molecule has 0 bridgehead atoms. The predicted molar refractivity (Wildman–Crippen MR) is 269 cm³/mol. The monoisotopic (exact) mass is 820 g/mol. The molecule has 0 saturated carbocycles. The van der Waals surface area contributed by atoms with Crippen LogP contribution in [-0.2, 0) is 0 Å². The Bertz CT molecular complexity index is 3920. The molecule has 0 aliphatic rings. The van der Waals surface area contributed by atoms with E-state index in [-0.39, 0.29) is 0 Å². The highest BCUT2D eigenvalue weighted by molar-refractivity contribution is 6.31. The van der Waals surface area contributed by atoms with E-state index in [1.807, 2.05) is 12.1 Å². The van der Waals surface area contributed by atoms with Crippen LogP contribution >= 0.6 is 0 Å². The van der Waals surface area contributed by atoms with Gasteiger partial charge in [-0.2, -0.15) is 0 Å². The Hall–Kier alpha value is -8.34. The Morgan fingerprint density at radius 2 is 0.812 bits per heavy atom. The summed E-state index contributed by atoms with van der Waals surface area (Å²) in [5.41, 5.74) is 14.4. The molecule has 0 spiro atoms. The molecule has 0 aliphatic carbocycles. The second-order valence-electron chi connectivity index (χ2n) is 17.0. The maximum atomic E-state index is 6.80. The Morgan fingerprint density at radius 1 is 0.328 bits per heavy atom. The van der Waals surface area contributed by atoms with Gasteiger partial charge in [-0.3, -0.25) is 0 Å². The minimum atomic E-state index is 0.854. The maximum Gasteiger partial charge on any atom is 0.159 e. The zero-order valence-electron chi connectivity index (χ0n) is 35.3. The molecule has 2 aromatic heterocycles. The van der Waals surface area contributed by atoms with Gasteiger partial charge in [0.1, 0.15) is 11.2 Å². The summed E-state index contributed by atoms with van der Waals surface area (Å²) in [6.07, 6.45) is 0. The molecule has 0 saturated heterocycles. The molecule has 13 rings (SSSR count). The van der Waals surface area contributed by atoms with Crippen LogP contribution in [0.2, 0.25) is 0 Å². The highest BCUT2D eigenvalue weighted by atomic mass is 16.3. The van der Waals surface area contributed by atoms with Gasteiger partial charge in [0.25, 0.3) is 0 Å². The van der Waals surface area contributed by atoms with E-state index >= 15 is 0 Å². The number of nitrogens with zero attached hydrogens (tertiary/aromatic N) is 2. The Labute approximate surface area is 369 Å². The molecule has 4 heteroatoms. The lowest BCUT2D eigenvalue weighted by Gasteiger charge is -2.30. The molecule has 0 fully saturated rings. The summed E-state index contributed by atoms with van der Waals surface area (Å²) < 4.78 is 13.5. The number of hydrogen-bond donors (Lipinski definition) is 0. The molecule has 13 aromatic rings. The number of para-hydroxylation sites is 4. The van der Waals surface area contributed by atoms with Gasteiger partial charge in [-0.25, -0.2) is 0 Å². The van der Waals surface area contributed by atoms with Crippen LogP contribution in [-0.4, -0.2) is 0 Å². The summed E-state index contributed by atoms with van der Waals surface area (Å²) in [6, 6.07) is 74.4. The molecule has 64 heavy (non-hydrogen) atoms. The van der Waals surface area contributed by atoms with E-state index in [1.165, 1.54) is 38.2 Å². The SMILES string of the molecule is Cc1ccc(N(c2ccc3ccc4c(N(c5ccc(C)cc5)c5cccc6c5oc5ccccc56)cc(-c5ccccc5)c5ccc2c3c54)c2cccc3c2oc2ccccc23)cc1. The summed E-state index contributed by atoms with van der Waals surface area (Å²) in [5.74, 6) is 0. The van der Waals surface area contributed by atoms with Crippen LogP contribution in [0.1, 0.15) is 11.1 Å². The second kappa shape index (κ2) is 14.1. The summed E-state index contributed by atoms with van der Waals surface area (Å²) in [4.78, 5) is 4.79. The molecular weight excluding hydrogens is 781 g/mol. The number of furan rings is 2. The summed E-state index contributed by atoms with van der Waals surface area (Å²) in [5, 5.41) is 11.5. The summed E-state index contributed by atoms with van der Waals surface area (Å²) in [6.45, 7) is 4.28. The van der Waals surface area contributed by atoms with Crippen molar-refractivity contribution in [3.8, 4) is 11.1 Å². The Kier molecular flexibility index (Phi) is 8.00. The molecular formula is C60H40N2O2. The summed E-state index contributed by atoms with van der Waals surface area (Å²) in [7, 11) is 0. The standard InChI is InChI=1S/C60H40N2O2/c1-37-22-28-41(29-23-37)61(52-18-10-16-46-43-14-6-8-20-55(43)63-59(46)52)51-35-27-40-26-32-49-54(36-50(39-12-4-3-5-13-39)45-33-34-48(51)57(40)58(45)49)62(42-30-24-38(2)25-31-42)53-19-11-17-47-44-15-7-9-21-56(44)64-60(47)53/h3-36H,1-2H3. The van der Waals surface area contributed by atoms with Crippen LogP contribution in [0.25, 0.3) is 87.3 Å². The van der Waals surface area contributed by atoms with Gasteiger partial charge >= 0.3 is 0 Å². The first kappa shape index (κ1) is 36.3. The molecule has 0 aliphatic heterocycles. The zero-order valence-corrected chi connectivity index (χ0v) is 35.3. The molecule has 0 radical (unpaired) electrons. The van der Waals surface area contributed by atoms with Gasteiger partial charge in [0.15, 0.2) is 11.2 Å². The van der Waals surface area contributed by atoms with Crippen LogP contribution < -0.4 is 9.80 Å². The van der Waals surface area contributed by atoms with E-state index in [9.17, 15) is 0 Å². The molecule has 0 atom stereocenters. The Balaban J connectivity index is 1.14. The first-order valence-corrected chi connectivity index (χ1v) is 21.9. The lowest BCUT2D eigenvalue weighted by atomic mass is 9.87. The van der Waals surface area contributed by atoms with Crippen molar-refractivity contribution in [1.29, 1.82) is 0 Å². The highest BCUT2D eigenvalue weighted by Crippen LogP contribution is 2.52. The number of rotatable bonds is 7. The number of hydrogen-bond acceptors (Lipinski definition) is 4. The van der Waals surface area contributed by atoms with E-state index in [4.69, 9.17) is 8.83 Å². The predicted octanol–water partition coefficient (Wildman–Crippen LogP) is 17.6. The van der Waals surface area contributed by atoms with Crippen LogP contribution in [0.3, 0.4) is 0 Å². The second-order valence-corrected chi connectivity index (χ2v) is 17.0. The van der Waals surface area contributed by atoms with Gasteiger partial charge in [0.2, 0.25) is 0 Å². The van der Waals surface area contributed by atoms with Crippen LogP contribution in [0.4, 0.5) is 34.1 Å². The fourth-order valence-electron chi connectivity index (χ4n) is 10.1. The first-order valence-electron chi connectivity index (χ1n) is 21.9. The minimum absolute atomic E-state index is 0.854. The third-order valence-electron chi connectivity index (χ3n) is 13.1. The molecule has 0 unspecified atom stereocenters. The number of benzene rings is 11. The van der Waals surface area contributed by atoms with Crippen molar-refractivity contribution in [1.82, 2.24) is 0 Å². The molecule has 0 amide bonds. The molecule has 4 nitrogen and oxygen atoms in total. The van der Waals surface area contributed by atoms with E-state index in [0.717, 1.165) is 94.3 Å². The number of fused-ring (bicyclic) bond motifs is 6. The van der Waals surface area contributed by atoms with Gasteiger partial charge in [-0.05, 0) is 102 Å². The van der Waals surface area contributed by atoms with Crippen molar-refractivity contribution in [2.75, 3.05) is 9.80 Å². The molecule has 302 valence electrons. The first-order chi connectivity index (χ1) is 31.6. The van der Waals surface area contributed by atoms with Crippen molar-refractivity contribution >= 4 is 110 Å². The molecule has 2 heterocycles. The largest absolute Gasteiger partial charge is 0.454 e. The van der Waals surface area contributed by atoms with Crippen molar-refractivity contribution in [3.63, 3.8) is 0 Å². The van der Waals surface area contributed by atoms with E-state index < -0.39 is 0 Å². The van der Waals surface area contributed by atoms with Crippen molar-refractivity contribution in [2.45, 2.75) is 13.8 Å². The smallest absolute Gasteiger partial charge is 0.159 e. The number of anilines is 6. The van der Waals surface area contributed by atoms with Crippen molar-refractivity contribution < 1.29 is 8.83 Å². The minimum Gasteiger partial charge on any atom is -0.454 e. The quantitative estimate of drug-likeness (QED) is 0.150. The van der Waals surface area contributed by atoms with Crippen molar-refractivity contribution in [2.24, 2.45) is 0 Å². The zero-order chi connectivity index (χ0) is 42.5. The van der Waals surface area contributed by atoms with Gasteiger partial charge in [-0.1, -0.05) is 157 Å². The van der Waals surface area contributed by atoms with Crippen molar-refractivity contribution in [3.05, 3.63) is 217 Å². The highest BCUT2D eigenvalue weighted by Gasteiger charge is 2.27. The average molecular weight is 821 g/mol. The third kappa shape index (κ3) is 5.49. The van der Waals surface area contributed by atoms with E-state index in [0.29, 0.717) is 0 Å². The van der Waals surface area contributed by atoms with E-state index in [2.05, 4.69) is 218 Å². The third-order valence-corrected chi connectivity index (χ3v) is 13.1. The fourth-order valence-corrected chi connectivity index (χ4v) is 10.1. The van der Waals surface area contributed by atoms with Gasteiger partial charge in [-0.15, -0.1) is 0 Å². The molecule has 11 aromatic carbocycles. The lowest BCUT2D eigenvalue weighted by molar-refractivity contribution is 0.669. The van der Waals surface area contributed by atoms with Gasteiger partial charge in [0.05, 0.1) is 22.7 Å². The van der Waals surface area contributed by atoms with Gasteiger partial charge < -0.3 is 18.6 Å². The lowest BCUT2D eigenvalue weighted by Crippen LogP contribution is -2.12. The van der Waals surface area contributed by atoms with Gasteiger partial charge in [0, 0.05) is 49.1 Å². The topological polar surface area (TPSA) is 32.8 Å². The van der Waals surface area contributed by atoms with E-state index in [1.54, 1.807) is 0 Å². The normalized spacial score (nSPS) is 11.9. The van der Waals surface area contributed by atoms with Crippen LogP contribution in [0.5, 0.6) is 0 Å². The average Bonchev–Trinajstić information content (AvgIpc) is 3.92. The summed E-state index contributed by atoms with van der Waals surface area (Å²) >= 11 is 0. The molecule has 0 N–H and O–H groups in total. The fraction of sp³-hybridized carbons (Fsp3) is 0.0333. The Morgan fingerprint density at radius 3 is 1.42 bits per heavy atom.